The molecule has 1 saturated heterocycles. The number of anilines is 1. The summed E-state index contributed by atoms with van der Waals surface area (Å²) >= 11 is 0. The first-order valence-electron chi connectivity index (χ1n) is 6.45. The van der Waals surface area contributed by atoms with E-state index in [1.54, 1.807) is 6.07 Å². The van der Waals surface area contributed by atoms with Gasteiger partial charge in [-0.15, -0.1) is 0 Å². The number of hydrogen-bond donors (Lipinski definition) is 0. The summed E-state index contributed by atoms with van der Waals surface area (Å²) in [6.07, 6.45) is 2.03. The van der Waals surface area contributed by atoms with Gasteiger partial charge in [-0.1, -0.05) is 6.92 Å². The highest BCUT2D eigenvalue weighted by Gasteiger charge is 2.22. The van der Waals surface area contributed by atoms with Crippen molar-refractivity contribution in [2.75, 3.05) is 18.0 Å². The number of alkyl halides is 2. The van der Waals surface area contributed by atoms with Gasteiger partial charge in [0.25, 0.3) is 0 Å². The molecule has 0 N–H and O–H groups in total. The zero-order valence-electron chi connectivity index (χ0n) is 11.1. The average Bonchev–Trinajstić information content (AvgIpc) is 2.38. The van der Waals surface area contributed by atoms with E-state index in [0.717, 1.165) is 25.9 Å². The van der Waals surface area contributed by atoms with Crippen LogP contribution in [0.15, 0.2) is 18.2 Å². The van der Waals surface area contributed by atoms with Gasteiger partial charge in [0.1, 0.15) is 0 Å². The van der Waals surface area contributed by atoms with Crippen molar-refractivity contribution >= 4 is 11.4 Å². The highest BCUT2D eigenvalue weighted by Crippen LogP contribution is 2.34. The summed E-state index contributed by atoms with van der Waals surface area (Å²) < 4.78 is 28.9. The van der Waals surface area contributed by atoms with E-state index in [1.165, 1.54) is 12.1 Å². The first-order chi connectivity index (χ1) is 9.47. The molecule has 0 spiro atoms. The minimum absolute atomic E-state index is 0.388. The van der Waals surface area contributed by atoms with Gasteiger partial charge in [0.05, 0.1) is 4.92 Å². The lowest BCUT2D eigenvalue weighted by Gasteiger charge is -2.32. The Morgan fingerprint density at radius 1 is 1.40 bits per heavy atom. The van der Waals surface area contributed by atoms with Crippen LogP contribution in [0.1, 0.15) is 19.8 Å². The fraction of sp³-hybridized carbons (Fsp3) is 0.538. The van der Waals surface area contributed by atoms with Crippen LogP contribution in [0.5, 0.6) is 5.75 Å². The average molecular weight is 286 g/mol. The van der Waals surface area contributed by atoms with Crippen molar-refractivity contribution in [1.82, 2.24) is 0 Å². The molecular formula is C13H16F2N2O3. The molecule has 0 aromatic heterocycles. The van der Waals surface area contributed by atoms with Gasteiger partial charge in [0.2, 0.25) is 5.75 Å². The molecule has 0 aliphatic carbocycles. The second kappa shape index (κ2) is 6.02. The molecular weight excluding hydrogens is 270 g/mol. The molecule has 0 bridgehead atoms. The second-order valence-corrected chi connectivity index (χ2v) is 4.96. The number of piperidine rings is 1. The molecule has 7 heteroatoms. The number of rotatable bonds is 4. The third-order valence-corrected chi connectivity index (χ3v) is 3.50. The molecule has 110 valence electrons. The summed E-state index contributed by atoms with van der Waals surface area (Å²) in [5, 5.41) is 10.8. The van der Waals surface area contributed by atoms with E-state index in [1.807, 2.05) is 4.90 Å². The summed E-state index contributed by atoms with van der Waals surface area (Å²) in [5.74, 6) is 0.252. The lowest BCUT2D eigenvalue weighted by atomic mass is 9.99. The SMILES string of the molecule is CC1CCN(c2ccc([N+](=O)[O-])c(OC(F)F)c2)CC1. The fourth-order valence-electron chi connectivity index (χ4n) is 2.31. The third-order valence-electron chi connectivity index (χ3n) is 3.50. The van der Waals surface area contributed by atoms with Crippen LogP contribution in [-0.4, -0.2) is 24.6 Å². The van der Waals surface area contributed by atoms with E-state index in [4.69, 9.17) is 0 Å². The van der Waals surface area contributed by atoms with Crippen molar-refractivity contribution in [3.63, 3.8) is 0 Å². The van der Waals surface area contributed by atoms with Gasteiger partial charge in [-0.25, -0.2) is 0 Å². The van der Waals surface area contributed by atoms with Crippen molar-refractivity contribution in [1.29, 1.82) is 0 Å². The van der Waals surface area contributed by atoms with Crippen LogP contribution in [0.25, 0.3) is 0 Å². The first-order valence-corrected chi connectivity index (χ1v) is 6.45. The normalized spacial score (nSPS) is 16.5. The quantitative estimate of drug-likeness (QED) is 0.628. The van der Waals surface area contributed by atoms with Crippen LogP contribution in [0.2, 0.25) is 0 Å². The van der Waals surface area contributed by atoms with Crippen LogP contribution in [-0.2, 0) is 0 Å². The maximum absolute atomic E-state index is 12.3. The van der Waals surface area contributed by atoms with Crippen LogP contribution in [0.4, 0.5) is 20.2 Å². The highest BCUT2D eigenvalue weighted by atomic mass is 19.3. The number of nitrogens with zero attached hydrogens (tertiary/aromatic N) is 2. The van der Waals surface area contributed by atoms with Gasteiger partial charge in [0.15, 0.2) is 0 Å². The van der Waals surface area contributed by atoms with E-state index in [0.29, 0.717) is 11.6 Å². The van der Waals surface area contributed by atoms with Gasteiger partial charge in [-0.05, 0) is 24.8 Å². The smallest absolute Gasteiger partial charge is 0.387 e. The van der Waals surface area contributed by atoms with Crippen molar-refractivity contribution in [2.45, 2.75) is 26.4 Å². The number of halogens is 2. The predicted octanol–water partition coefficient (Wildman–Crippen LogP) is 3.43. The molecule has 1 heterocycles. The molecule has 0 saturated carbocycles. The Balaban J connectivity index is 2.24. The molecule has 0 radical (unpaired) electrons. The Kier molecular flexibility index (Phi) is 4.36. The minimum Gasteiger partial charge on any atom is -0.427 e. The lowest BCUT2D eigenvalue weighted by molar-refractivity contribution is -0.386. The van der Waals surface area contributed by atoms with Crippen molar-refractivity contribution in [3.8, 4) is 5.75 Å². The van der Waals surface area contributed by atoms with Crippen molar-refractivity contribution < 1.29 is 18.4 Å². The summed E-state index contributed by atoms with van der Waals surface area (Å²) in [5.41, 5.74) is 0.234. The Morgan fingerprint density at radius 3 is 2.60 bits per heavy atom. The van der Waals surface area contributed by atoms with Crippen LogP contribution < -0.4 is 9.64 Å². The fourth-order valence-corrected chi connectivity index (χ4v) is 2.31. The molecule has 5 nitrogen and oxygen atoms in total. The Morgan fingerprint density at radius 2 is 2.05 bits per heavy atom. The standard InChI is InChI=1S/C13H16F2N2O3/c1-9-4-6-16(7-5-9)10-2-3-11(17(18)19)12(8-10)20-13(14)15/h2-3,8-9,13H,4-7H2,1H3. The Labute approximate surface area is 115 Å². The van der Waals surface area contributed by atoms with Gasteiger partial charge < -0.3 is 9.64 Å². The molecule has 0 atom stereocenters. The number of nitro groups is 1. The van der Waals surface area contributed by atoms with Crippen LogP contribution >= 0.6 is 0 Å². The third kappa shape index (κ3) is 3.34. The summed E-state index contributed by atoms with van der Waals surface area (Å²) in [6, 6.07) is 4.11. The van der Waals surface area contributed by atoms with Gasteiger partial charge in [-0.2, -0.15) is 8.78 Å². The topological polar surface area (TPSA) is 55.6 Å². The molecule has 1 aliphatic rings. The zero-order chi connectivity index (χ0) is 14.7. The van der Waals surface area contributed by atoms with E-state index in [-0.39, 0.29) is 5.75 Å². The van der Waals surface area contributed by atoms with Crippen molar-refractivity contribution in [3.05, 3.63) is 28.3 Å². The second-order valence-electron chi connectivity index (χ2n) is 4.96. The summed E-state index contributed by atoms with van der Waals surface area (Å²) in [4.78, 5) is 12.1. The van der Waals surface area contributed by atoms with Gasteiger partial charge >= 0.3 is 12.3 Å². The molecule has 0 amide bonds. The van der Waals surface area contributed by atoms with Gasteiger partial charge in [-0.3, -0.25) is 10.1 Å². The molecule has 20 heavy (non-hydrogen) atoms. The van der Waals surface area contributed by atoms with E-state index in [9.17, 15) is 18.9 Å². The molecule has 2 rings (SSSR count). The molecule has 1 aliphatic heterocycles. The number of nitro benzene ring substituents is 1. The molecule has 1 aromatic rings. The van der Waals surface area contributed by atoms with Crippen LogP contribution in [0.3, 0.4) is 0 Å². The summed E-state index contributed by atoms with van der Waals surface area (Å²) in [7, 11) is 0. The van der Waals surface area contributed by atoms with Crippen molar-refractivity contribution in [2.24, 2.45) is 5.92 Å². The van der Waals surface area contributed by atoms with Crippen LogP contribution in [0, 0.1) is 16.0 Å². The summed E-state index contributed by atoms with van der Waals surface area (Å²) in [6.45, 7) is 0.712. The number of benzene rings is 1. The van der Waals surface area contributed by atoms with E-state index in [2.05, 4.69) is 11.7 Å². The molecule has 1 fully saturated rings. The van der Waals surface area contributed by atoms with Gasteiger partial charge in [0, 0.05) is 30.9 Å². The minimum atomic E-state index is -3.08. The monoisotopic (exact) mass is 286 g/mol. The molecule has 0 unspecified atom stereocenters. The maximum atomic E-state index is 12.3. The Bertz CT molecular complexity index is 489. The maximum Gasteiger partial charge on any atom is 0.387 e. The highest BCUT2D eigenvalue weighted by molar-refractivity contribution is 5.59. The number of ether oxygens (including phenoxy) is 1. The molecule has 1 aromatic carbocycles. The van der Waals surface area contributed by atoms with E-state index < -0.39 is 17.2 Å². The number of hydrogen-bond acceptors (Lipinski definition) is 4. The van der Waals surface area contributed by atoms with E-state index >= 15 is 0 Å². The first kappa shape index (κ1) is 14.5. The lowest BCUT2D eigenvalue weighted by Crippen LogP contribution is -2.32. The predicted molar refractivity (Wildman–Crippen MR) is 70.3 cm³/mol. The largest absolute Gasteiger partial charge is 0.427 e. The Hall–Kier alpha value is -1.92. The zero-order valence-corrected chi connectivity index (χ0v) is 11.1.